The van der Waals surface area contributed by atoms with Gasteiger partial charge in [-0.15, -0.1) is 0 Å². The van der Waals surface area contributed by atoms with Gasteiger partial charge in [0.15, 0.2) is 0 Å². The van der Waals surface area contributed by atoms with Crippen molar-refractivity contribution < 1.29 is 19.0 Å². The fraction of sp³-hybridized carbons (Fsp3) is 0.348. The highest BCUT2D eigenvalue weighted by Gasteiger charge is 2.22. The molecule has 0 aliphatic carbocycles. The van der Waals surface area contributed by atoms with Gasteiger partial charge in [0.1, 0.15) is 29.1 Å². The Morgan fingerprint density at radius 1 is 1.21 bits per heavy atom. The maximum atomic E-state index is 13.0. The molecule has 152 valence electrons. The maximum absolute atomic E-state index is 13.0. The van der Waals surface area contributed by atoms with E-state index in [-0.39, 0.29) is 16.9 Å². The van der Waals surface area contributed by atoms with Crippen molar-refractivity contribution in [1.29, 1.82) is 0 Å². The first-order chi connectivity index (χ1) is 14.1. The van der Waals surface area contributed by atoms with Gasteiger partial charge >= 0.3 is 0 Å². The lowest BCUT2D eigenvalue weighted by atomic mass is 10.0. The van der Waals surface area contributed by atoms with E-state index in [9.17, 15) is 9.90 Å². The molecule has 4 rings (SSSR count). The second-order valence-corrected chi connectivity index (χ2v) is 7.47. The van der Waals surface area contributed by atoms with Gasteiger partial charge in [0.2, 0.25) is 11.2 Å². The molecule has 1 atom stereocenters. The van der Waals surface area contributed by atoms with Crippen LogP contribution in [0.4, 0.5) is 0 Å². The van der Waals surface area contributed by atoms with Crippen molar-refractivity contribution in [3.05, 3.63) is 58.4 Å². The number of benzene rings is 2. The van der Waals surface area contributed by atoms with Crippen molar-refractivity contribution in [2.24, 2.45) is 0 Å². The van der Waals surface area contributed by atoms with Gasteiger partial charge in [-0.05, 0) is 50.6 Å². The molecule has 6 heteroatoms. The molecular formula is C23H25NO5. The summed E-state index contributed by atoms with van der Waals surface area (Å²) < 4.78 is 16.7. The molecule has 0 spiro atoms. The van der Waals surface area contributed by atoms with E-state index in [1.807, 2.05) is 0 Å². The first-order valence-corrected chi connectivity index (χ1v) is 9.89. The summed E-state index contributed by atoms with van der Waals surface area (Å²) in [6, 6.07) is 10.6. The molecule has 0 saturated carbocycles. The highest BCUT2D eigenvalue weighted by molar-refractivity contribution is 5.83. The SMILES string of the molecule is COc1cccc(Oc2coc3c(CN4CCCC[C@@H]4C)c(O)ccc3c2=O)c1. The summed E-state index contributed by atoms with van der Waals surface area (Å²) in [5.41, 5.74) is 0.772. The van der Waals surface area contributed by atoms with Gasteiger partial charge in [0.25, 0.3) is 0 Å². The van der Waals surface area contributed by atoms with Crippen LogP contribution in [-0.4, -0.2) is 29.7 Å². The van der Waals surface area contributed by atoms with Gasteiger partial charge in [0.05, 0.1) is 18.1 Å². The molecule has 1 fully saturated rings. The van der Waals surface area contributed by atoms with Crippen molar-refractivity contribution in [3.8, 4) is 23.0 Å². The second-order valence-electron chi connectivity index (χ2n) is 7.47. The van der Waals surface area contributed by atoms with E-state index in [2.05, 4.69) is 11.8 Å². The van der Waals surface area contributed by atoms with Crippen LogP contribution >= 0.6 is 0 Å². The second kappa shape index (κ2) is 8.17. The van der Waals surface area contributed by atoms with Crippen molar-refractivity contribution in [1.82, 2.24) is 4.90 Å². The average molecular weight is 395 g/mol. The number of phenolic OH excluding ortho intramolecular Hbond substituents is 1. The van der Waals surface area contributed by atoms with Crippen molar-refractivity contribution in [2.75, 3.05) is 13.7 Å². The number of aromatic hydroxyl groups is 1. The molecule has 1 aliphatic heterocycles. The Bertz CT molecular complexity index is 1070. The Labute approximate surface area is 169 Å². The molecule has 2 heterocycles. The van der Waals surface area contributed by atoms with Crippen LogP contribution in [0.25, 0.3) is 11.0 Å². The number of piperidine rings is 1. The monoisotopic (exact) mass is 395 g/mol. The normalized spacial score (nSPS) is 17.4. The smallest absolute Gasteiger partial charge is 0.235 e. The number of hydrogen-bond donors (Lipinski definition) is 1. The topological polar surface area (TPSA) is 72.1 Å². The Morgan fingerprint density at radius 3 is 2.83 bits per heavy atom. The van der Waals surface area contributed by atoms with E-state index in [0.717, 1.165) is 19.4 Å². The van der Waals surface area contributed by atoms with E-state index >= 15 is 0 Å². The number of fused-ring (bicyclic) bond motifs is 1. The number of ether oxygens (including phenoxy) is 2. The van der Waals surface area contributed by atoms with Gasteiger partial charge in [-0.25, -0.2) is 0 Å². The number of likely N-dealkylation sites (tertiary alicyclic amines) is 1. The largest absolute Gasteiger partial charge is 0.507 e. The molecule has 2 aromatic carbocycles. The standard InChI is InChI=1S/C23H25NO5/c1-15-6-3-4-11-24(15)13-19-20(25)10-9-18-22(26)21(14-28-23(18)19)29-17-8-5-7-16(12-17)27-2/h5,7-10,12,14-15,25H,3-4,6,11,13H2,1-2H3/t15-/m0/s1. The highest BCUT2D eigenvalue weighted by atomic mass is 16.5. The highest BCUT2D eigenvalue weighted by Crippen LogP contribution is 2.31. The fourth-order valence-corrected chi connectivity index (χ4v) is 3.84. The van der Waals surface area contributed by atoms with Crippen molar-refractivity contribution >= 4 is 11.0 Å². The molecule has 0 bridgehead atoms. The molecule has 1 saturated heterocycles. The fourth-order valence-electron chi connectivity index (χ4n) is 3.84. The van der Waals surface area contributed by atoms with E-state index in [4.69, 9.17) is 13.9 Å². The van der Waals surface area contributed by atoms with Crippen LogP contribution in [0.5, 0.6) is 23.0 Å². The van der Waals surface area contributed by atoms with E-state index in [0.29, 0.717) is 40.6 Å². The lowest BCUT2D eigenvalue weighted by Crippen LogP contribution is -2.36. The quantitative estimate of drug-likeness (QED) is 0.677. The number of rotatable bonds is 5. The third-order valence-electron chi connectivity index (χ3n) is 5.56. The van der Waals surface area contributed by atoms with Crippen LogP contribution in [0.1, 0.15) is 31.7 Å². The summed E-state index contributed by atoms with van der Waals surface area (Å²) in [7, 11) is 1.57. The summed E-state index contributed by atoms with van der Waals surface area (Å²) in [4.78, 5) is 15.3. The summed E-state index contributed by atoms with van der Waals surface area (Å²) in [6.07, 6.45) is 4.80. The molecule has 3 aromatic rings. The molecule has 1 aromatic heterocycles. The molecule has 1 N–H and O–H groups in total. The third-order valence-corrected chi connectivity index (χ3v) is 5.56. The number of phenols is 1. The van der Waals surface area contributed by atoms with Gasteiger partial charge in [0, 0.05) is 18.7 Å². The Morgan fingerprint density at radius 2 is 2.03 bits per heavy atom. The Balaban J connectivity index is 1.69. The summed E-state index contributed by atoms with van der Waals surface area (Å²) in [5, 5.41) is 10.8. The molecule has 0 unspecified atom stereocenters. The van der Waals surface area contributed by atoms with Gasteiger partial charge < -0.3 is 19.0 Å². The van der Waals surface area contributed by atoms with Crippen LogP contribution in [0.3, 0.4) is 0 Å². The Kier molecular flexibility index (Phi) is 5.45. The van der Waals surface area contributed by atoms with Gasteiger partial charge in [-0.1, -0.05) is 12.5 Å². The maximum Gasteiger partial charge on any atom is 0.235 e. The lowest BCUT2D eigenvalue weighted by Gasteiger charge is -2.33. The summed E-state index contributed by atoms with van der Waals surface area (Å²) in [5.74, 6) is 1.35. The van der Waals surface area contributed by atoms with Crippen LogP contribution in [0, 0.1) is 0 Å². The molecule has 29 heavy (non-hydrogen) atoms. The minimum absolute atomic E-state index is 0.0914. The summed E-state index contributed by atoms with van der Waals surface area (Å²) in [6.45, 7) is 3.71. The van der Waals surface area contributed by atoms with Crippen molar-refractivity contribution in [3.63, 3.8) is 0 Å². The minimum Gasteiger partial charge on any atom is -0.507 e. The summed E-state index contributed by atoms with van der Waals surface area (Å²) >= 11 is 0. The Hall–Kier alpha value is -2.99. The predicted molar refractivity (Wildman–Crippen MR) is 111 cm³/mol. The zero-order valence-corrected chi connectivity index (χ0v) is 16.7. The van der Waals surface area contributed by atoms with Crippen LogP contribution < -0.4 is 14.9 Å². The van der Waals surface area contributed by atoms with Crippen LogP contribution in [0.15, 0.2) is 51.9 Å². The third kappa shape index (κ3) is 3.93. The molecular weight excluding hydrogens is 370 g/mol. The van der Waals surface area contributed by atoms with E-state index in [1.54, 1.807) is 43.5 Å². The minimum atomic E-state index is -0.276. The van der Waals surface area contributed by atoms with Gasteiger partial charge in [-0.3, -0.25) is 9.69 Å². The van der Waals surface area contributed by atoms with Crippen molar-refractivity contribution in [2.45, 2.75) is 38.8 Å². The zero-order valence-electron chi connectivity index (χ0n) is 16.7. The van der Waals surface area contributed by atoms with Crippen LogP contribution in [-0.2, 0) is 6.54 Å². The van der Waals surface area contributed by atoms with E-state index in [1.165, 1.54) is 12.7 Å². The molecule has 0 radical (unpaired) electrons. The van der Waals surface area contributed by atoms with Crippen LogP contribution in [0.2, 0.25) is 0 Å². The first-order valence-electron chi connectivity index (χ1n) is 9.89. The van der Waals surface area contributed by atoms with E-state index < -0.39 is 0 Å². The average Bonchev–Trinajstić information content (AvgIpc) is 2.73. The molecule has 0 amide bonds. The lowest BCUT2D eigenvalue weighted by molar-refractivity contribution is 0.151. The predicted octanol–water partition coefficient (Wildman–Crippen LogP) is 4.67. The number of hydrogen-bond acceptors (Lipinski definition) is 6. The molecule has 1 aliphatic rings. The van der Waals surface area contributed by atoms with Gasteiger partial charge in [-0.2, -0.15) is 0 Å². The molecule has 6 nitrogen and oxygen atoms in total. The number of methoxy groups -OCH3 is 1. The first kappa shape index (κ1) is 19.3. The zero-order chi connectivity index (χ0) is 20.4. The number of nitrogens with zero attached hydrogens (tertiary/aromatic N) is 1.